The summed E-state index contributed by atoms with van der Waals surface area (Å²) in [5.41, 5.74) is 0. The minimum absolute atomic E-state index is 0.0676. The first-order valence-corrected chi connectivity index (χ1v) is 4.63. The van der Waals surface area contributed by atoms with E-state index in [0.717, 1.165) is 6.42 Å². The molecule has 60 valence electrons. The highest BCUT2D eigenvalue weighted by atomic mass is 32.2. The van der Waals surface area contributed by atoms with Gasteiger partial charge in [0.1, 0.15) is 5.25 Å². The van der Waals surface area contributed by atoms with Gasteiger partial charge in [0.05, 0.1) is 0 Å². The molecule has 0 aliphatic rings. The SMILES string of the molecule is C=CC[C@@H](C)C(C)[S+](N)[O-]. The van der Waals surface area contributed by atoms with Crippen molar-refractivity contribution in [2.75, 3.05) is 0 Å². The van der Waals surface area contributed by atoms with Gasteiger partial charge in [-0.25, -0.2) is 0 Å². The van der Waals surface area contributed by atoms with Crippen LogP contribution in [0.1, 0.15) is 20.3 Å². The Hall–Kier alpha value is 0.01000. The monoisotopic (exact) mass is 161 g/mol. The van der Waals surface area contributed by atoms with E-state index in [1.807, 2.05) is 19.9 Å². The van der Waals surface area contributed by atoms with E-state index in [0.29, 0.717) is 5.92 Å². The predicted molar refractivity (Wildman–Crippen MR) is 45.8 cm³/mol. The second kappa shape index (κ2) is 4.77. The first kappa shape index (κ1) is 10.0. The minimum Gasteiger partial charge on any atom is -0.598 e. The fourth-order valence-corrected chi connectivity index (χ4v) is 1.25. The molecule has 0 saturated heterocycles. The van der Waals surface area contributed by atoms with E-state index in [-0.39, 0.29) is 5.25 Å². The molecule has 0 aromatic heterocycles. The average molecular weight is 161 g/mol. The van der Waals surface area contributed by atoms with E-state index in [2.05, 4.69) is 6.58 Å². The molecular weight excluding hydrogens is 146 g/mol. The van der Waals surface area contributed by atoms with Crippen molar-refractivity contribution in [1.29, 1.82) is 0 Å². The maximum atomic E-state index is 10.7. The first-order valence-electron chi connectivity index (χ1n) is 3.35. The first-order chi connectivity index (χ1) is 4.59. The number of nitrogens with two attached hydrogens (primary N) is 1. The lowest BCUT2D eigenvalue weighted by atomic mass is 10.1. The van der Waals surface area contributed by atoms with Crippen LogP contribution in [0.25, 0.3) is 0 Å². The quantitative estimate of drug-likeness (QED) is 0.497. The van der Waals surface area contributed by atoms with Crippen molar-refractivity contribution < 1.29 is 4.55 Å². The lowest BCUT2D eigenvalue weighted by Crippen LogP contribution is -2.31. The number of hydrogen-bond acceptors (Lipinski definition) is 2. The zero-order valence-corrected chi connectivity index (χ0v) is 7.36. The van der Waals surface area contributed by atoms with Crippen LogP contribution in [0.2, 0.25) is 0 Å². The van der Waals surface area contributed by atoms with Gasteiger partial charge in [0.15, 0.2) is 0 Å². The van der Waals surface area contributed by atoms with Crippen LogP contribution in [-0.4, -0.2) is 9.80 Å². The van der Waals surface area contributed by atoms with Crippen LogP contribution in [0.4, 0.5) is 0 Å². The largest absolute Gasteiger partial charge is 0.598 e. The Kier molecular flexibility index (Phi) is 4.77. The minimum atomic E-state index is -1.19. The Bertz CT molecular complexity index is 106. The summed E-state index contributed by atoms with van der Waals surface area (Å²) in [6.07, 6.45) is 2.71. The van der Waals surface area contributed by atoms with Gasteiger partial charge in [-0.15, -0.1) is 6.58 Å². The fraction of sp³-hybridized carbons (Fsp3) is 0.714. The molecule has 0 heterocycles. The Morgan fingerprint density at radius 1 is 1.70 bits per heavy atom. The molecule has 3 atom stereocenters. The third-order valence-electron chi connectivity index (χ3n) is 1.71. The van der Waals surface area contributed by atoms with Crippen LogP contribution in [0.3, 0.4) is 0 Å². The van der Waals surface area contributed by atoms with E-state index in [9.17, 15) is 4.55 Å². The molecule has 0 saturated carbocycles. The number of allylic oxidation sites excluding steroid dienone is 1. The van der Waals surface area contributed by atoms with Crippen LogP contribution < -0.4 is 5.14 Å². The van der Waals surface area contributed by atoms with Crippen LogP contribution in [0, 0.1) is 5.92 Å². The van der Waals surface area contributed by atoms with Gasteiger partial charge in [-0.3, -0.25) is 0 Å². The molecule has 2 N–H and O–H groups in total. The smallest absolute Gasteiger partial charge is 0.135 e. The molecule has 0 fully saturated rings. The zero-order chi connectivity index (χ0) is 8.15. The van der Waals surface area contributed by atoms with Gasteiger partial charge in [0, 0.05) is 17.3 Å². The summed E-state index contributed by atoms with van der Waals surface area (Å²) < 4.78 is 10.7. The van der Waals surface area contributed by atoms with Gasteiger partial charge in [0.2, 0.25) is 0 Å². The Balaban J connectivity index is 3.68. The molecule has 2 unspecified atom stereocenters. The normalized spacial score (nSPS) is 19.6. The van der Waals surface area contributed by atoms with Gasteiger partial charge in [0.25, 0.3) is 0 Å². The second-order valence-electron chi connectivity index (χ2n) is 2.54. The van der Waals surface area contributed by atoms with E-state index < -0.39 is 11.4 Å². The number of hydrogen-bond donors (Lipinski definition) is 1. The summed E-state index contributed by atoms with van der Waals surface area (Å²) in [4.78, 5) is 0. The van der Waals surface area contributed by atoms with Crippen LogP contribution in [0.15, 0.2) is 12.7 Å². The summed E-state index contributed by atoms with van der Waals surface area (Å²) >= 11 is -1.19. The fourth-order valence-electron chi connectivity index (χ4n) is 0.683. The van der Waals surface area contributed by atoms with Crippen molar-refractivity contribution >= 4 is 11.4 Å². The molecular formula is C7H15NOS. The van der Waals surface area contributed by atoms with Crippen molar-refractivity contribution in [1.82, 2.24) is 0 Å². The Morgan fingerprint density at radius 2 is 2.20 bits per heavy atom. The highest BCUT2D eigenvalue weighted by Gasteiger charge is 2.19. The van der Waals surface area contributed by atoms with E-state index in [4.69, 9.17) is 5.14 Å². The lowest BCUT2D eigenvalue weighted by Gasteiger charge is -2.17. The summed E-state index contributed by atoms with van der Waals surface area (Å²) in [5, 5.41) is 5.27. The van der Waals surface area contributed by atoms with Gasteiger partial charge in [-0.05, 0) is 13.3 Å². The van der Waals surface area contributed by atoms with Crippen molar-refractivity contribution in [2.24, 2.45) is 11.1 Å². The van der Waals surface area contributed by atoms with Crippen molar-refractivity contribution in [2.45, 2.75) is 25.5 Å². The Morgan fingerprint density at radius 3 is 2.50 bits per heavy atom. The molecule has 0 aliphatic carbocycles. The van der Waals surface area contributed by atoms with E-state index in [1.54, 1.807) is 0 Å². The van der Waals surface area contributed by atoms with Gasteiger partial charge in [-0.1, -0.05) is 13.0 Å². The van der Waals surface area contributed by atoms with E-state index >= 15 is 0 Å². The standard InChI is InChI=1S/C7H15NOS/c1-4-5-6(2)7(3)10(8)9/h4,6-7H,1,5,8H2,2-3H3/t6-,7?,10?/m1/s1. The maximum absolute atomic E-state index is 10.7. The van der Waals surface area contributed by atoms with Crippen LogP contribution >= 0.6 is 0 Å². The predicted octanol–water partition coefficient (Wildman–Crippen LogP) is 1.21. The summed E-state index contributed by atoms with van der Waals surface area (Å²) in [6.45, 7) is 7.52. The van der Waals surface area contributed by atoms with Gasteiger partial charge >= 0.3 is 0 Å². The zero-order valence-electron chi connectivity index (χ0n) is 6.54. The summed E-state index contributed by atoms with van der Waals surface area (Å²) in [5.74, 6) is 0.364. The molecule has 3 heteroatoms. The molecule has 0 aromatic carbocycles. The van der Waals surface area contributed by atoms with Gasteiger partial charge < -0.3 is 4.55 Å². The van der Waals surface area contributed by atoms with Gasteiger partial charge in [-0.2, -0.15) is 5.14 Å². The molecule has 0 rings (SSSR count). The molecule has 0 spiro atoms. The van der Waals surface area contributed by atoms with Crippen LogP contribution in [0.5, 0.6) is 0 Å². The maximum Gasteiger partial charge on any atom is 0.135 e. The summed E-state index contributed by atoms with van der Waals surface area (Å²) in [7, 11) is 0. The molecule has 0 aromatic rings. The van der Waals surface area contributed by atoms with E-state index in [1.165, 1.54) is 0 Å². The molecule has 0 aliphatic heterocycles. The topological polar surface area (TPSA) is 49.1 Å². The average Bonchev–Trinajstić information content (AvgIpc) is 1.87. The highest BCUT2D eigenvalue weighted by Crippen LogP contribution is 2.13. The molecule has 10 heavy (non-hydrogen) atoms. The molecule has 0 bridgehead atoms. The molecule has 0 radical (unpaired) electrons. The second-order valence-corrected chi connectivity index (χ2v) is 3.94. The summed E-state index contributed by atoms with van der Waals surface area (Å²) in [6, 6.07) is 0. The van der Waals surface area contributed by atoms with Crippen LogP contribution in [-0.2, 0) is 11.4 Å². The van der Waals surface area contributed by atoms with Crippen molar-refractivity contribution in [3.8, 4) is 0 Å². The lowest BCUT2D eigenvalue weighted by molar-refractivity contribution is 0.525. The van der Waals surface area contributed by atoms with Crippen molar-refractivity contribution in [3.63, 3.8) is 0 Å². The van der Waals surface area contributed by atoms with Crippen molar-refractivity contribution in [3.05, 3.63) is 12.7 Å². The third kappa shape index (κ3) is 3.25. The number of rotatable bonds is 4. The highest BCUT2D eigenvalue weighted by molar-refractivity contribution is 7.89. The third-order valence-corrected chi connectivity index (χ3v) is 2.90. The Labute approximate surface area is 65.8 Å². The molecule has 0 amide bonds. The molecule has 2 nitrogen and oxygen atoms in total.